The molecule has 1 saturated heterocycles. The summed E-state index contributed by atoms with van der Waals surface area (Å²) in [5.41, 5.74) is 1.49. The van der Waals surface area contributed by atoms with E-state index in [4.69, 9.17) is 4.43 Å². The van der Waals surface area contributed by atoms with E-state index in [2.05, 4.69) is 39.0 Å². The molecule has 1 heterocycles. The molecule has 3 aromatic carbocycles. The molecule has 0 spiro atoms. The fraction of sp³-hybridized carbons (Fsp3) is 0.308. The maximum atomic E-state index is 13.3. The number of carbonyl (C=O) groups is 2. The molecule has 1 aliphatic rings. The molecule has 160 valence electrons. The van der Waals surface area contributed by atoms with Gasteiger partial charge in [0, 0.05) is 5.56 Å². The smallest absolute Gasteiger partial charge is 0.261 e. The van der Waals surface area contributed by atoms with Crippen molar-refractivity contribution in [2.24, 2.45) is 0 Å². The van der Waals surface area contributed by atoms with Crippen molar-refractivity contribution < 1.29 is 14.0 Å². The molecule has 4 rings (SSSR count). The van der Waals surface area contributed by atoms with Gasteiger partial charge in [-0.2, -0.15) is 0 Å². The standard InChI is InChI=1S/C26H29NO3Si/c1-4-31(5-2,6-3)30-24-23(22-18-12-16-19-13-10-11-17-21(19)22)27(26(24)29)25(28)20-14-8-7-9-15-20/h7-18,23-24H,4-6H2,1-3H3/t23-,24+/m1/s1. The molecule has 5 heteroatoms. The molecule has 31 heavy (non-hydrogen) atoms. The zero-order chi connectivity index (χ0) is 22.0. The van der Waals surface area contributed by atoms with Crippen LogP contribution in [-0.2, 0) is 9.22 Å². The Bertz CT molecular complexity index is 1080. The normalized spacial score (nSPS) is 18.8. The fourth-order valence-corrected chi connectivity index (χ4v) is 7.37. The summed E-state index contributed by atoms with van der Waals surface area (Å²) in [6, 6.07) is 25.7. The average Bonchev–Trinajstić information content (AvgIpc) is 2.83. The second kappa shape index (κ2) is 8.77. The Morgan fingerprint density at radius 3 is 2.16 bits per heavy atom. The van der Waals surface area contributed by atoms with Crippen molar-refractivity contribution in [3.63, 3.8) is 0 Å². The van der Waals surface area contributed by atoms with Crippen LogP contribution in [0.2, 0.25) is 18.1 Å². The lowest BCUT2D eigenvalue weighted by atomic mass is 9.87. The van der Waals surface area contributed by atoms with Crippen molar-refractivity contribution in [3.05, 3.63) is 83.9 Å². The molecule has 4 nitrogen and oxygen atoms in total. The van der Waals surface area contributed by atoms with Gasteiger partial charge < -0.3 is 4.43 Å². The summed E-state index contributed by atoms with van der Waals surface area (Å²) in [6.45, 7) is 6.46. The van der Waals surface area contributed by atoms with Gasteiger partial charge in [0.25, 0.3) is 11.8 Å². The van der Waals surface area contributed by atoms with E-state index in [1.54, 1.807) is 12.1 Å². The molecular weight excluding hydrogens is 402 g/mol. The van der Waals surface area contributed by atoms with Crippen LogP contribution < -0.4 is 0 Å². The molecule has 3 aromatic rings. The molecule has 2 amide bonds. The number of likely N-dealkylation sites (tertiary alicyclic amines) is 1. The van der Waals surface area contributed by atoms with Crippen molar-refractivity contribution >= 4 is 30.9 Å². The van der Waals surface area contributed by atoms with Crippen LogP contribution in [-0.4, -0.2) is 31.1 Å². The van der Waals surface area contributed by atoms with Crippen molar-refractivity contribution in [1.82, 2.24) is 4.90 Å². The molecule has 0 bridgehead atoms. The van der Waals surface area contributed by atoms with E-state index in [-0.39, 0.29) is 11.8 Å². The Labute approximate surface area is 185 Å². The molecule has 0 N–H and O–H groups in total. The Morgan fingerprint density at radius 1 is 0.871 bits per heavy atom. The van der Waals surface area contributed by atoms with Crippen molar-refractivity contribution in [3.8, 4) is 0 Å². The predicted molar refractivity (Wildman–Crippen MR) is 126 cm³/mol. The first-order valence-corrected chi connectivity index (χ1v) is 13.7. The highest BCUT2D eigenvalue weighted by Gasteiger charge is 2.55. The number of imide groups is 1. The molecule has 0 aromatic heterocycles. The molecule has 2 atom stereocenters. The first kappa shape index (κ1) is 21.5. The average molecular weight is 432 g/mol. The summed E-state index contributed by atoms with van der Waals surface area (Å²) in [5.74, 6) is -0.487. The number of amides is 2. The SMILES string of the molecule is CC[Si](CC)(CC)O[C@@H]1C(=O)N(C(=O)c2ccccc2)[C@@H]1c1cccc2ccccc12. The topological polar surface area (TPSA) is 46.6 Å². The maximum Gasteiger partial charge on any atom is 0.261 e. The van der Waals surface area contributed by atoms with Crippen LogP contribution in [0.4, 0.5) is 0 Å². The molecule has 1 aliphatic heterocycles. The summed E-state index contributed by atoms with van der Waals surface area (Å²) < 4.78 is 6.66. The maximum absolute atomic E-state index is 13.3. The summed E-state index contributed by atoms with van der Waals surface area (Å²) in [5, 5.41) is 2.15. The second-order valence-electron chi connectivity index (χ2n) is 8.17. The number of rotatable bonds is 7. The van der Waals surface area contributed by atoms with Crippen LogP contribution in [0.3, 0.4) is 0 Å². The van der Waals surface area contributed by atoms with Crippen LogP contribution in [0.15, 0.2) is 72.8 Å². The van der Waals surface area contributed by atoms with E-state index in [9.17, 15) is 9.59 Å². The summed E-state index contributed by atoms with van der Waals surface area (Å²) in [7, 11) is -2.04. The monoisotopic (exact) mass is 431 g/mol. The van der Waals surface area contributed by atoms with E-state index in [1.807, 2.05) is 42.5 Å². The third kappa shape index (κ3) is 3.73. The number of nitrogens with zero attached hydrogens (tertiary/aromatic N) is 1. The van der Waals surface area contributed by atoms with Crippen LogP contribution in [0.5, 0.6) is 0 Å². The van der Waals surface area contributed by atoms with Crippen LogP contribution >= 0.6 is 0 Å². The summed E-state index contributed by atoms with van der Waals surface area (Å²) >= 11 is 0. The van der Waals surface area contributed by atoms with Crippen LogP contribution in [0.1, 0.15) is 42.7 Å². The third-order valence-electron chi connectivity index (χ3n) is 6.74. The van der Waals surface area contributed by atoms with Gasteiger partial charge in [-0.05, 0) is 46.6 Å². The van der Waals surface area contributed by atoms with Gasteiger partial charge >= 0.3 is 0 Å². The quantitative estimate of drug-likeness (QED) is 0.264. The zero-order valence-corrected chi connectivity index (χ0v) is 19.4. The van der Waals surface area contributed by atoms with Gasteiger partial charge in [0.1, 0.15) is 0 Å². The van der Waals surface area contributed by atoms with E-state index in [0.29, 0.717) is 5.56 Å². The van der Waals surface area contributed by atoms with E-state index < -0.39 is 20.5 Å². The molecule has 0 radical (unpaired) electrons. The molecule has 0 unspecified atom stereocenters. The fourth-order valence-electron chi connectivity index (χ4n) is 4.60. The van der Waals surface area contributed by atoms with Crippen molar-refractivity contribution in [2.45, 2.75) is 51.0 Å². The summed E-state index contributed by atoms with van der Waals surface area (Å²) in [4.78, 5) is 28.1. The number of fused-ring (bicyclic) bond motifs is 1. The lowest BCUT2D eigenvalue weighted by Crippen LogP contribution is -2.64. The Hall–Kier alpha value is -2.76. The third-order valence-corrected chi connectivity index (χ3v) is 11.4. The van der Waals surface area contributed by atoms with Gasteiger partial charge in [0.15, 0.2) is 14.4 Å². The summed E-state index contributed by atoms with van der Waals surface area (Å²) in [6.07, 6.45) is -0.606. The van der Waals surface area contributed by atoms with Crippen LogP contribution in [0.25, 0.3) is 10.8 Å². The first-order chi connectivity index (χ1) is 15.0. The highest BCUT2D eigenvalue weighted by Crippen LogP contribution is 2.43. The Balaban J connectivity index is 1.79. The van der Waals surface area contributed by atoms with E-state index >= 15 is 0 Å². The highest BCUT2D eigenvalue weighted by atomic mass is 28.4. The minimum atomic E-state index is -2.04. The lowest BCUT2D eigenvalue weighted by molar-refractivity contribution is -0.158. The number of carbonyl (C=O) groups excluding carboxylic acids is 2. The lowest BCUT2D eigenvalue weighted by Gasteiger charge is -2.49. The van der Waals surface area contributed by atoms with Gasteiger partial charge in [-0.3, -0.25) is 14.5 Å². The first-order valence-electron chi connectivity index (χ1n) is 11.1. The molecule has 1 fully saturated rings. The van der Waals surface area contributed by atoms with E-state index in [1.165, 1.54) is 4.90 Å². The Morgan fingerprint density at radius 2 is 1.48 bits per heavy atom. The molecule has 0 aliphatic carbocycles. The second-order valence-corrected chi connectivity index (χ2v) is 12.9. The number of benzene rings is 3. The van der Waals surface area contributed by atoms with Gasteiger partial charge in [-0.15, -0.1) is 0 Å². The van der Waals surface area contributed by atoms with Crippen molar-refractivity contribution in [1.29, 1.82) is 0 Å². The minimum Gasteiger partial charge on any atom is -0.403 e. The van der Waals surface area contributed by atoms with Crippen molar-refractivity contribution in [2.75, 3.05) is 0 Å². The molecular formula is C26H29NO3Si. The van der Waals surface area contributed by atoms with Crippen LogP contribution in [0, 0.1) is 0 Å². The number of hydrogen-bond acceptors (Lipinski definition) is 3. The minimum absolute atomic E-state index is 0.223. The van der Waals surface area contributed by atoms with Gasteiger partial charge in [-0.1, -0.05) is 81.4 Å². The van der Waals surface area contributed by atoms with Gasteiger partial charge in [-0.25, -0.2) is 0 Å². The van der Waals surface area contributed by atoms with Gasteiger partial charge in [0.05, 0.1) is 6.04 Å². The number of β-lactam (4-membered cyclic amide) rings is 1. The predicted octanol–water partition coefficient (Wildman–Crippen LogP) is 5.95. The zero-order valence-electron chi connectivity index (χ0n) is 18.4. The number of hydrogen-bond donors (Lipinski definition) is 0. The highest BCUT2D eigenvalue weighted by molar-refractivity contribution is 6.73. The molecule has 0 saturated carbocycles. The van der Waals surface area contributed by atoms with E-state index in [0.717, 1.165) is 34.5 Å². The largest absolute Gasteiger partial charge is 0.403 e. The van der Waals surface area contributed by atoms with Gasteiger partial charge in [0.2, 0.25) is 0 Å². The Kier molecular flexibility index (Phi) is 6.07.